The van der Waals surface area contributed by atoms with Gasteiger partial charge >= 0.3 is 5.97 Å². The van der Waals surface area contributed by atoms with E-state index in [0.29, 0.717) is 6.42 Å². The van der Waals surface area contributed by atoms with Crippen LogP contribution in [0.1, 0.15) is 97.8 Å². The lowest BCUT2D eigenvalue weighted by Crippen LogP contribution is -1.93. The smallest absolute Gasteiger partial charge is 0.303 e. The molecule has 0 aromatic heterocycles. The molecule has 0 saturated heterocycles. The molecular weight excluding hydrogens is 252 g/mol. The zero-order valence-corrected chi connectivity index (χ0v) is 13.9. The number of hydrogen-bond acceptors (Lipinski definition) is 2. The molecule has 0 aliphatic rings. The molecule has 0 unspecified atom stereocenters. The predicted octanol–water partition coefficient (Wildman–Crippen LogP) is 5.16. The van der Waals surface area contributed by atoms with E-state index in [1.54, 1.807) is 13.8 Å². The van der Waals surface area contributed by atoms with Crippen LogP contribution in [0.5, 0.6) is 0 Å². The maximum absolute atomic E-state index is 10.3. The van der Waals surface area contributed by atoms with Crippen LogP contribution in [0.3, 0.4) is 0 Å². The summed E-state index contributed by atoms with van der Waals surface area (Å²) in [6.45, 7) is 5.69. The van der Waals surface area contributed by atoms with E-state index in [0.717, 1.165) is 12.8 Å². The van der Waals surface area contributed by atoms with Crippen molar-refractivity contribution >= 4 is 5.97 Å². The molecule has 0 atom stereocenters. The van der Waals surface area contributed by atoms with Gasteiger partial charge in [0.2, 0.25) is 0 Å². The SMILES string of the molecule is CC(C)O.CCCCCCCCCCCCCC(=O)O. The molecule has 0 amide bonds. The van der Waals surface area contributed by atoms with Crippen molar-refractivity contribution < 1.29 is 15.0 Å². The van der Waals surface area contributed by atoms with Crippen molar-refractivity contribution in [3.63, 3.8) is 0 Å². The maximum Gasteiger partial charge on any atom is 0.303 e. The molecule has 0 aromatic rings. The first kappa shape index (κ1) is 21.7. The summed E-state index contributed by atoms with van der Waals surface area (Å²) < 4.78 is 0. The molecule has 0 heterocycles. The van der Waals surface area contributed by atoms with Crippen molar-refractivity contribution in [2.75, 3.05) is 0 Å². The first-order valence-electron chi connectivity index (χ1n) is 8.40. The van der Waals surface area contributed by atoms with Crippen LogP contribution in [0.15, 0.2) is 0 Å². The molecule has 0 aliphatic heterocycles. The van der Waals surface area contributed by atoms with Gasteiger partial charge in [0.05, 0.1) is 0 Å². The summed E-state index contributed by atoms with van der Waals surface area (Å²) in [4.78, 5) is 10.3. The maximum atomic E-state index is 10.3. The van der Waals surface area contributed by atoms with Gasteiger partial charge in [0.25, 0.3) is 0 Å². The number of aliphatic hydroxyl groups excluding tert-OH is 1. The van der Waals surface area contributed by atoms with E-state index in [4.69, 9.17) is 10.2 Å². The van der Waals surface area contributed by atoms with Crippen LogP contribution in [-0.4, -0.2) is 22.3 Å². The predicted molar refractivity (Wildman–Crippen MR) is 86.1 cm³/mol. The third-order valence-corrected chi connectivity index (χ3v) is 2.99. The topological polar surface area (TPSA) is 57.5 Å². The molecule has 0 aromatic carbocycles. The largest absolute Gasteiger partial charge is 0.481 e. The highest BCUT2D eigenvalue weighted by Gasteiger charge is 1.96. The number of rotatable bonds is 12. The molecule has 3 heteroatoms. The molecule has 0 rings (SSSR count). The lowest BCUT2D eigenvalue weighted by Gasteiger charge is -2.01. The Hall–Kier alpha value is -0.570. The number of hydrogen-bond donors (Lipinski definition) is 2. The van der Waals surface area contributed by atoms with Crippen LogP contribution in [0.4, 0.5) is 0 Å². The van der Waals surface area contributed by atoms with Crippen LogP contribution < -0.4 is 0 Å². The Labute approximate surface area is 125 Å². The zero-order valence-electron chi connectivity index (χ0n) is 13.9. The Morgan fingerprint density at radius 2 is 1.10 bits per heavy atom. The van der Waals surface area contributed by atoms with Gasteiger partial charge in [-0.25, -0.2) is 0 Å². The van der Waals surface area contributed by atoms with Gasteiger partial charge in [-0.15, -0.1) is 0 Å². The highest BCUT2D eigenvalue weighted by atomic mass is 16.4. The number of carbonyl (C=O) groups is 1. The molecule has 0 fully saturated rings. The summed E-state index contributed by atoms with van der Waals surface area (Å²) in [5, 5.41) is 16.5. The van der Waals surface area contributed by atoms with Gasteiger partial charge in [-0.3, -0.25) is 4.79 Å². The molecule has 20 heavy (non-hydrogen) atoms. The molecule has 0 aliphatic carbocycles. The molecule has 2 N–H and O–H groups in total. The van der Waals surface area contributed by atoms with Crippen LogP contribution in [-0.2, 0) is 4.79 Å². The van der Waals surface area contributed by atoms with E-state index in [1.165, 1.54) is 57.8 Å². The lowest BCUT2D eigenvalue weighted by atomic mass is 10.1. The Bertz CT molecular complexity index is 188. The van der Waals surface area contributed by atoms with Gasteiger partial charge in [-0.1, -0.05) is 71.1 Å². The minimum absolute atomic E-state index is 0.167. The summed E-state index contributed by atoms with van der Waals surface area (Å²) in [6, 6.07) is 0. The molecular formula is C17H36O3. The average molecular weight is 288 g/mol. The Kier molecular flexibility index (Phi) is 20.0. The summed E-state index contributed by atoms with van der Waals surface area (Å²) in [7, 11) is 0. The van der Waals surface area contributed by atoms with E-state index in [1.807, 2.05) is 0 Å². The van der Waals surface area contributed by atoms with Crippen LogP contribution in [0, 0.1) is 0 Å². The number of unbranched alkanes of at least 4 members (excludes halogenated alkanes) is 10. The highest BCUT2D eigenvalue weighted by molar-refractivity contribution is 5.66. The fraction of sp³-hybridized carbons (Fsp3) is 0.941. The van der Waals surface area contributed by atoms with Crippen molar-refractivity contribution in [2.45, 2.75) is 104 Å². The van der Waals surface area contributed by atoms with E-state index >= 15 is 0 Å². The van der Waals surface area contributed by atoms with E-state index in [9.17, 15) is 4.79 Å². The number of aliphatic hydroxyl groups is 1. The first-order chi connectivity index (χ1) is 9.50. The molecule has 0 saturated carbocycles. The van der Waals surface area contributed by atoms with Crippen molar-refractivity contribution in [1.82, 2.24) is 0 Å². The number of carboxylic acid groups (broad SMARTS) is 1. The first-order valence-corrected chi connectivity index (χ1v) is 8.40. The summed E-state index contributed by atoms with van der Waals surface area (Å²) in [5.74, 6) is -0.657. The Morgan fingerprint density at radius 3 is 1.40 bits per heavy atom. The normalized spacial score (nSPS) is 10.2. The third-order valence-electron chi connectivity index (χ3n) is 2.99. The average Bonchev–Trinajstić information content (AvgIpc) is 2.35. The van der Waals surface area contributed by atoms with Gasteiger partial charge in [-0.2, -0.15) is 0 Å². The molecule has 3 nitrogen and oxygen atoms in total. The van der Waals surface area contributed by atoms with Crippen LogP contribution in [0.2, 0.25) is 0 Å². The minimum atomic E-state index is -0.657. The van der Waals surface area contributed by atoms with Gasteiger partial charge in [-0.05, 0) is 20.3 Å². The van der Waals surface area contributed by atoms with Gasteiger partial charge in [0.15, 0.2) is 0 Å². The van der Waals surface area contributed by atoms with E-state index in [-0.39, 0.29) is 6.10 Å². The zero-order chi connectivity index (χ0) is 15.6. The lowest BCUT2D eigenvalue weighted by molar-refractivity contribution is -0.137. The Morgan fingerprint density at radius 1 is 0.800 bits per heavy atom. The van der Waals surface area contributed by atoms with Crippen molar-refractivity contribution in [2.24, 2.45) is 0 Å². The molecule has 122 valence electrons. The second-order valence-corrected chi connectivity index (χ2v) is 5.77. The summed E-state index contributed by atoms with van der Waals surface area (Å²) in [5.41, 5.74) is 0. The van der Waals surface area contributed by atoms with Crippen molar-refractivity contribution in [3.8, 4) is 0 Å². The van der Waals surface area contributed by atoms with E-state index < -0.39 is 5.97 Å². The fourth-order valence-corrected chi connectivity index (χ4v) is 1.94. The van der Waals surface area contributed by atoms with Gasteiger partial charge in [0.1, 0.15) is 0 Å². The highest BCUT2D eigenvalue weighted by Crippen LogP contribution is 2.11. The van der Waals surface area contributed by atoms with E-state index in [2.05, 4.69) is 6.92 Å². The second-order valence-electron chi connectivity index (χ2n) is 5.77. The van der Waals surface area contributed by atoms with Crippen molar-refractivity contribution in [1.29, 1.82) is 0 Å². The van der Waals surface area contributed by atoms with Crippen molar-refractivity contribution in [3.05, 3.63) is 0 Å². The second kappa shape index (κ2) is 18.4. The fourth-order valence-electron chi connectivity index (χ4n) is 1.94. The third kappa shape index (κ3) is 30.5. The molecule has 0 bridgehead atoms. The number of carboxylic acids is 1. The standard InChI is InChI=1S/C14H28O2.C3H8O/c1-2-3-4-5-6-7-8-9-10-11-12-13-14(15)16;1-3(2)4/h2-13H2,1H3,(H,15,16);3-4H,1-2H3. The number of aliphatic carboxylic acids is 1. The Balaban J connectivity index is 0. The monoisotopic (exact) mass is 288 g/mol. The molecule has 0 spiro atoms. The summed E-state index contributed by atoms with van der Waals surface area (Å²) >= 11 is 0. The van der Waals surface area contributed by atoms with Crippen LogP contribution >= 0.6 is 0 Å². The molecule has 0 radical (unpaired) electrons. The minimum Gasteiger partial charge on any atom is -0.481 e. The van der Waals surface area contributed by atoms with Gasteiger partial charge < -0.3 is 10.2 Å². The van der Waals surface area contributed by atoms with Crippen LogP contribution in [0.25, 0.3) is 0 Å². The summed E-state index contributed by atoms with van der Waals surface area (Å²) in [6.07, 6.45) is 14.2. The quantitative estimate of drug-likeness (QED) is 0.488. The van der Waals surface area contributed by atoms with Gasteiger partial charge in [0, 0.05) is 12.5 Å².